The van der Waals surface area contributed by atoms with E-state index in [1.165, 1.54) is 6.07 Å². The average Bonchev–Trinajstić information content (AvgIpc) is 2.99. The molecule has 1 aliphatic heterocycles. The van der Waals surface area contributed by atoms with Gasteiger partial charge < -0.3 is 5.32 Å². The van der Waals surface area contributed by atoms with Crippen LogP contribution in [0.25, 0.3) is 0 Å². The summed E-state index contributed by atoms with van der Waals surface area (Å²) in [5.41, 5.74) is 1.52. The number of nitrogens with one attached hydrogen (secondary N) is 1. The summed E-state index contributed by atoms with van der Waals surface area (Å²) in [7, 11) is -3.55. The number of hydrogen-bond acceptors (Lipinski definition) is 3. The maximum atomic E-state index is 12.9. The number of sulfonamides is 1. The van der Waals surface area contributed by atoms with E-state index in [-0.39, 0.29) is 10.8 Å². The van der Waals surface area contributed by atoms with E-state index in [1.54, 1.807) is 22.5 Å². The Hall–Kier alpha value is -2.18. The zero-order valence-electron chi connectivity index (χ0n) is 15.4. The highest BCUT2D eigenvalue weighted by Gasteiger charge is 2.25. The Kier molecular flexibility index (Phi) is 6.63. The summed E-state index contributed by atoms with van der Waals surface area (Å²) in [6.45, 7) is 1.61. The van der Waals surface area contributed by atoms with Crippen LogP contribution in [-0.4, -0.2) is 38.3 Å². The molecule has 6 heteroatoms. The Morgan fingerprint density at radius 3 is 2.33 bits per heavy atom. The monoisotopic (exact) mass is 386 g/mol. The van der Waals surface area contributed by atoms with Crippen LogP contribution in [0, 0.1) is 0 Å². The molecule has 1 N–H and O–H groups in total. The van der Waals surface area contributed by atoms with Crippen molar-refractivity contribution in [3.63, 3.8) is 0 Å². The molecule has 1 amide bonds. The van der Waals surface area contributed by atoms with E-state index in [1.807, 2.05) is 30.3 Å². The molecule has 5 nitrogen and oxygen atoms in total. The number of hydrogen-bond donors (Lipinski definition) is 1. The lowest BCUT2D eigenvalue weighted by molar-refractivity contribution is 0.0954. The van der Waals surface area contributed by atoms with E-state index >= 15 is 0 Å². The zero-order valence-corrected chi connectivity index (χ0v) is 16.2. The van der Waals surface area contributed by atoms with Crippen LogP contribution in [0.15, 0.2) is 59.5 Å². The molecule has 0 atom stereocenters. The zero-order chi connectivity index (χ0) is 19.1. The second kappa shape index (κ2) is 9.15. The molecule has 1 heterocycles. The molecule has 1 saturated heterocycles. The van der Waals surface area contributed by atoms with E-state index in [4.69, 9.17) is 0 Å². The van der Waals surface area contributed by atoms with Gasteiger partial charge in [-0.25, -0.2) is 8.42 Å². The molecular weight excluding hydrogens is 360 g/mol. The van der Waals surface area contributed by atoms with E-state index < -0.39 is 10.0 Å². The van der Waals surface area contributed by atoms with Gasteiger partial charge in [0, 0.05) is 25.2 Å². The molecule has 2 aromatic carbocycles. The molecule has 0 saturated carbocycles. The van der Waals surface area contributed by atoms with Crippen LogP contribution >= 0.6 is 0 Å². The van der Waals surface area contributed by atoms with Gasteiger partial charge in [-0.2, -0.15) is 4.31 Å². The van der Waals surface area contributed by atoms with Crippen LogP contribution in [0.4, 0.5) is 0 Å². The topological polar surface area (TPSA) is 66.5 Å². The molecular formula is C21H26N2O3S. The number of nitrogens with zero attached hydrogens (tertiary/aromatic N) is 1. The molecule has 1 aliphatic rings. The van der Waals surface area contributed by atoms with Gasteiger partial charge in [0.05, 0.1) is 4.90 Å². The van der Waals surface area contributed by atoms with Crippen molar-refractivity contribution >= 4 is 15.9 Å². The van der Waals surface area contributed by atoms with Gasteiger partial charge in [0.2, 0.25) is 10.0 Å². The van der Waals surface area contributed by atoms with E-state index in [2.05, 4.69) is 5.32 Å². The Labute approximate surface area is 161 Å². The van der Waals surface area contributed by atoms with Gasteiger partial charge >= 0.3 is 0 Å². The number of benzene rings is 2. The number of amides is 1. The summed E-state index contributed by atoms with van der Waals surface area (Å²) < 4.78 is 27.4. The standard InChI is InChI=1S/C21H26N2O3S/c24-21(22-14-13-18-9-4-3-5-10-18)19-11-8-12-20(17-19)27(25,26)23-15-6-1-2-7-16-23/h3-5,8-12,17H,1-2,6-7,13-16H2,(H,22,24). The van der Waals surface area contributed by atoms with Crippen molar-refractivity contribution < 1.29 is 13.2 Å². The summed E-state index contributed by atoms with van der Waals surface area (Å²) >= 11 is 0. The van der Waals surface area contributed by atoms with Gasteiger partial charge in [-0.1, -0.05) is 49.2 Å². The molecule has 0 bridgehead atoms. The first-order valence-electron chi connectivity index (χ1n) is 9.50. The Morgan fingerprint density at radius 1 is 0.926 bits per heavy atom. The molecule has 0 unspecified atom stereocenters. The van der Waals surface area contributed by atoms with Crippen LogP contribution in [0.1, 0.15) is 41.6 Å². The van der Waals surface area contributed by atoms with Gasteiger partial charge in [-0.3, -0.25) is 4.79 Å². The molecule has 144 valence electrons. The molecule has 0 aromatic heterocycles. The van der Waals surface area contributed by atoms with Crippen LogP contribution in [0.2, 0.25) is 0 Å². The van der Waals surface area contributed by atoms with Crippen molar-refractivity contribution in [3.05, 3.63) is 65.7 Å². The summed E-state index contributed by atoms with van der Waals surface area (Å²) in [4.78, 5) is 12.6. The van der Waals surface area contributed by atoms with Gasteiger partial charge in [0.25, 0.3) is 5.91 Å². The normalized spacial score (nSPS) is 15.9. The van der Waals surface area contributed by atoms with Crippen molar-refractivity contribution in [2.24, 2.45) is 0 Å². The molecule has 2 aromatic rings. The van der Waals surface area contributed by atoms with Gasteiger partial charge in [0.15, 0.2) is 0 Å². The fraction of sp³-hybridized carbons (Fsp3) is 0.381. The maximum absolute atomic E-state index is 12.9. The third-order valence-corrected chi connectivity index (χ3v) is 6.74. The quantitative estimate of drug-likeness (QED) is 0.829. The summed E-state index contributed by atoms with van der Waals surface area (Å²) in [5.74, 6) is -0.251. The Bertz CT molecular complexity index is 858. The van der Waals surface area contributed by atoms with Crippen molar-refractivity contribution in [3.8, 4) is 0 Å². The maximum Gasteiger partial charge on any atom is 0.251 e. The first-order chi connectivity index (χ1) is 13.1. The molecule has 27 heavy (non-hydrogen) atoms. The predicted octanol–water partition coefficient (Wildman–Crippen LogP) is 3.22. The van der Waals surface area contributed by atoms with Gasteiger partial charge in [-0.15, -0.1) is 0 Å². The second-order valence-electron chi connectivity index (χ2n) is 6.84. The van der Waals surface area contributed by atoms with Crippen LogP contribution in [-0.2, 0) is 16.4 Å². The summed E-state index contributed by atoms with van der Waals surface area (Å²) in [6, 6.07) is 16.3. The van der Waals surface area contributed by atoms with E-state index in [0.29, 0.717) is 25.2 Å². The fourth-order valence-electron chi connectivity index (χ4n) is 3.30. The largest absolute Gasteiger partial charge is 0.352 e. The van der Waals surface area contributed by atoms with Gasteiger partial charge in [0.1, 0.15) is 0 Å². The van der Waals surface area contributed by atoms with Crippen molar-refractivity contribution in [2.75, 3.05) is 19.6 Å². The summed E-state index contributed by atoms with van der Waals surface area (Å²) in [6.07, 6.45) is 4.64. The third-order valence-electron chi connectivity index (χ3n) is 4.84. The number of carbonyl (C=O) groups excluding carboxylic acids is 1. The fourth-order valence-corrected chi connectivity index (χ4v) is 4.86. The number of carbonyl (C=O) groups is 1. The lowest BCUT2D eigenvalue weighted by atomic mass is 10.1. The first kappa shape index (κ1) is 19.6. The van der Waals surface area contributed by atoms with Crippen molar-refractivity contribution in [2.45, 2.75) is 37.0 Å². The van der Waals surface area contributed by atoms with E-state index in [9.17, 15) is 13.2 Å². The lowest BCUT2D eigenvalue weighted by Crippen LogP contribution is -2.32. The third kappa shape index (κ3) is 5.17. The highest BCUT2D eigenvalue weighted by molar-refractivity contribution is 7.89. The van der Waals surface area contributed by atoms with E-state index in [0.717, 1.165) is 37.7 Å². The predicted molar refractivity (Wildman–Crippen MR) is 106 cm³/mol. The number of rotatable bonds is 6. The molecule has 1 fully saturated rings. The second-order valence-corrected chi connectivity index (χ2v) is 8.78. The minimum atomic E-state index is -3.55. The van der Waals surface area contributed by atoms with Gasteiger partial charge in [-0.05, 0) is 43.0 Å². The van der Waals surface area contributed by atoms with Crippen molar-refractivity contribution in [1.82, 2.24) is 9.62 Å². The minimum Gasteiger partial charge on any atom is -0.352 e. The first-order valence-corrected chi connectivity index (χ1v) is 10.9. The minimum absolute atomic E-state index is 0.195. The SMILES string of the molecule is O=C(NCCc1ccccc1)c1cccc(S(=O)(=O)N2CCCCCC2)c1. The highest BCUT2D eigenvalue weighted by atomic mass is 32.2. The van der Waals surface area contributed by atoms with Crippen molar-refractivity contribution in [1.29, 1.82) is 0 Å². The van der Waals surface area contributed by atoms with Crippen LogP contribution in [0.5, 0.6) is 0 Å². The van der Waals surface area contributed by atoms with Crippen LogP contribution < -0.4 is 5.32 Å². The summed E-state index contributed by atoms with van der Waals surface area (Å²) in [5, 5.41) is 2.87. The molecule has 3 rings (SSSR count). The Balaban J connectivity index is 1.66. The molecule has 0 spiro atoms. The smallest absolute Gasteiger partial charge is 0.251 e. The van der Waals surface area contributed by atoms with Crippen LogP contribution in [0.3, 0.4) is 0 Å². The highest BCUT2D eigenvalue weighted by Crippen LogP contribution is 2.21. The molecule has 0 aliphatic carbocycles. The lowest BCUT2D eigenvalue weighted by Gasteiger charge is -2.20. The Morgan fingerprint density at radius 2 is 1.63 bits per heavy atom. The average molecular weight is 387 g/mol. The molecule has 0 radical (unpaired) electrons.